The van der Waals surface area contributed by atoms with Gasteiger partial charge in [0, 0.05) is 0 Å². The average Bonchev–Trinajstić information content (AvgIpc) is 2.03. The molecule has 0 fully saturated rings. The van der Waals surface area contributed by atoms with Gasteiger partial charge in [0.1, 0.15) is 0 Å². The maximum Gasteiger partial charge on any atom is 0.165 e. The molecule has 60 valence electrons. The maximum absolute atomic E-state index is 8.24. The average molecular weight is 152 g/mol. The third kappa shape index (κ3) is 3.97. The highest BCUT2D eigenvalue weighted by molar-refractivity contribution is 5.96. The molecule has 0 amide bonds. The minimum Gasteiger partial charge on any atom is -0.409 e. The van der Waals surface area contributed by atoms with Crippen LogP contribution in [0.15, 0.2) is 41.6 Å². The number of hydrogen-bond acceptors (Lipinski definition) is 2. The molecule has 0 rings (SSSR count). The number of nitrogens with zero attached hydrogens (tertiary/aromatic N) is 1. The Kier molecular flexibility index (Phi) is 4.56. The van der Waals surface area contributed by atoms with Gasteiger partial charge < -0.3 is 10.9 Å². The molecule has 0 aliphatic carbocycles. The number of nitrogens with two attached hydrogens (primary N) is 1. The van der Waals surface area contributed by atoms with Gasteiger partial charge in [-0.1, -0.05) is 36.0 Å². The third-order valence-corrected chi connectivity index (χ3v) is 1.11. The zero-order valence-corrected chi connectivity index (χ0v) is 6.49. The van der Waals surface area contributed by atoms with Crippen LogP contribution in [0, 0.1) is 0 Å². The molecule has 0 aromatic rings. The Bertz CT molecular complexity index is 214. The first kappa shape index (κ1) is 9.49. The second-order valence-electron chi connectivity index (χ2n) is 1.96. The minimum atomic E-state index is 0.124. The topological polar surface area (TPSA) is 58.6 Å². The molecule has 0 aliphatic rings. The highest BCUT2D eigenvalue weighted by Crippen LogP contribution is 1.92. The Hall–Kier alpha value is -1.51. The lowest BCUT2D eigenvalue weighted by Crippen LogP contribution is -2.12. The molecule has 3 N–H and O–H groups in total. The van der Waals surface area contributed by atoms with E-state index in [4.69, 9.17) is 10.9 Å². The molecule has 11 heavy (non-hydrogen) atoms. The van der Waals surface area contributed by atoms with Gasteiger partial charge in [0.2, 0.25) is 0 Å². The van der Waals surface area contributed by atoms with E-state index in [1.807, 2.05) is 0 Å². The molecular weight excluding hydrogens is 140 g/mol. The number of oxime groups is 1. The largest absolute Gasteiger partial charge is 0.409 e. The van der Waals surface area contributed by atoms with E-state index in [-0.39, 0.29) is 5.84 Å². The predicted octanol–water partition coefficient (Wildman–Crippen LogP) is 1.42. The normalized spacial score (nSPS) is 13.9. The van der Waals surface area contributed by atoms with E-state index in [1.54, 1.807) is 31.2 Å². The van der Waals surface area contributed by atoms with Crippen LogP contribution in [0.5, 0.6) is 0 Å². The van der Waals surface area contributed by atoms with Crippen molar-refractivity contribution in [3.8, 4) is 0 Å². The molecule has 0 radical (unpaired) electrons. The van der Waals surface area contributed by atoms with E-state index < -0.39 is 0 Å². The Labute approximate surface area is 66.2 Å². The van der Waals surface area contributed by atoms with Crippen LogP contribution < -0.4 is 5.73 Å². The van der Waals surface area contributed by atoms with Gasteiger partial charge in [-0.2, -0.15) is 0 Å². The van der Waals surface area contributed by atoms with Crippen molar-refractivity contribution in [3.63, 3.8) is 0 Å². The molecule has 0 aromatic heterocycles. The second kappa shape index (κ2) is 5.29. The van der Waals surface area contributed by atoms with E-state index in [1.165, 1.54) is 0 Å². The lowest BCUT2D eigenvalue weighted by atomic mass is 10.2. The fourth-order valence-corrected chi connectivity index (χ4v) is 0.443. The highest BCUT2D eigenvalue weighted by atomic mass is 16.4. The predicted molar refractivity (Wildman–Crippen MR) is 46.5 cm³/mol. The molecule has 0 spiro atoms. The fourth-order valence-electron chi connectivity index (χ4n) is 0.443. The second-order valence-corrected chi connectivity index (χ2v) is 1.96. The van der Waals surface area contributed by atoms with Crippen LogP contribution in [0.3, 0.4) is 0 Å². The molecule has 0 unspecified atom stereocenters. The smallest absolute Gasteiger partial charge is 0.165 e. The summed E-state index contributed by atoms with van der Waals surface area (Å²) in [5.74, 6) is 0.124. The summed E-state index contributed by atoms with van der Waals surface area (Å²) in [6.07, 6.45) is 6.90. The van der Waals surface area contributed by atoms with E-state index in [0.29, 0.717) is 5.57 Å². The summed E-state index contributed by atoms with van der Waals surface area (Å²) in [7, 11) is 0. The summed E-state index contributed by atoms with van der Waals surface area (Å²) in [6.45, 7) is 5.25. The Morgan fingerprint density at radius 3 is 2.64 bits per heavy atom. The standard InChI is InChI=1S/C8H12N2O/c1-3-4-5-6-7(2)8(9)10-11/h3-6,11H,1H2,2H3,(H2,9,10)/b5-4-,7-6+. The van der Waals surface area contributed by atoms with Crippen LogP contribution in [0.1, 0.15) is 6.92 Å². The Morgan fingerprint density at radius 2 is 2.18 bits per heavy atom. The van der Waals surface area contributed by atoms with Crippen molar-refractivity contribution in [2.75, 3.05) is 0 Å². The van der Waals surface area contributed by atoms with Gasteiger partial charge in [0.15, 0.2) is 5.84 Å². The molecule has 0 saturated heterocycles. The zero-order valence-electron chi connectivity index (χ0n) is 6.49. The fraction of sp³-hybridized carbons (Fsp3) is 0.125. The van der Waals surface area contributed by atoms with Gasteiger partial charge in [0.25, 0.3) is 0 Å². The van der Waals surface area contributed by atoms with E-state index in [2.05, 4.69) is 11.7 Å². The highest BCUT2D eigenvalue weighted by Gasteiger charge is 1.91. The maximum atomic E-state index is 8.24. The number of allylic oxidation sites excluding steroid dienone is 4. The quantitative estimate of drug-likeness (QED) is 0.211. The monoisotopic (exact) mass is 152 g/mol. The van der Waals surface area contributed by atoms with Crippen LogP contribution in [0.4, 0.5) is 0 Å². The zero-order chi connectivity index (χ0) is 8.69. The van der Waals surface area contributed by atoms with Crippen molar-refractivity contribution in [1.82, 2.24) is 0 Å². The van der Waals surface area contributed by atoms with Gasteiger partial charge in [0.05, 0.1) is 0 Å². The first-order valence-electron chi connectivity index (χ1n) is 3.16. The van der Waals surface area contributed by atoms with Gasteiger partial charge in [-0.3, -0.25) is 0 Å². The van der Waals surface area contributed by atoms with Crippen LogP contribution in [0.25, 0.3) is 0 Å². The van der Waals surface area contributed by atoms with Crippen molar-refractivity contribution in [3.05, 3.63) is 36.5 Å². The molecule has 0 bridgehead atoms. The van der Waals surface area contributed by atoms with Crippen LogP contribution in [-0.2, 0) is 0 Å². The van der Waals surface area contributed by atoms with Crippen molar-refractivity contribution < 1.29 is 5.21 Å². The minimum absolute atomic E-state index is 0.124. The van der Waals surface area contributed by atoms with Gasteiger partial charge in [-0.15, -0.1) is 0 Å². The summed E-state index contributed by atoms with van der Waals surface area (Å²) in [5.41, 5.74) is 5.98. The van der Waals surface area contributed by atoms with Gasteiger partial charge >= 0.3 is 0 Å². The van der Waals surface area contributed by atoms with Gasteiger partial charge in [-0.25, -0.2) is 0 Å². The summed E-state index contributed by atoms with van der Waals surface area (Å²) < 4.78 is 0. The molecule has 0 aliphatic heterocycles. The Balaban J connectivity index is 4.22. The lowest BCUT2D eigenvalue weighted by molar-refractivity contribution is 0.318. The van der Waals surface area contributed by atoms with Crippen LogP contribution in [0.2, 0.25) is 0 Å². The van der Waals surface area contributed by atoms with Crippen molar-refractivity contribution in [2.45, 2.75) is 6.92 Å². The van der Waals surface area contributed by atoms with E-state index in [0.717, 1.165) is 0 Å². The summed E-state index contributed by atoms with van der Waals surface area (Å²) in [5, 5.41) is 11.1. The van der Waals surface area contributed by atoms with Crippen molar-refractivity contribution in [1.29, 1.82) is 0 Å². The van der Waals surface area contributed by atoms with Crippen LogP contribution >= 0.6 is 0 Å². The molecule has 0 atom stereocenters. The van der Waals surface area contributed by atoms with E-state index >= 15 is 0 Å². The van der Waals surface area contributed by atoms with Gasteiger partial charge in [-0.05, 0) is 12.5 Å². The SMILES string of the molecule is C=C\C=C/C=C(C)/C(N)=N/O. The number of amidine groups is 1. The lowest BCUT2D eigenvalue weighted by Gasteiger charge is -1.93. The third-order valence-electron chi connectivity index (χ3n) is 1.11. The first-order chi connectivity index (χ1) is 5.22. The summed E-state index contributed by atoms with van der Waals surface area (Å²) in [4.78, 5) is 0. The molecule has 0 heterocycles. The molecular formula is C8H12N2O. The Morgan fingerprint density at radius 1 is 1.55 bits per heavy atom. The van der Waals surface area contributed by atoms with Crippen molar-refractivity contribution in [2.24, 2.45) is 10.9 Å². The molecule has 3 heteroatoms. The molecule has 0 saturated carbocycles. The van der Waals surface area contributed by atoms with E-state index in [9.17, 15) is 0 Å². The number of rotatable bonds is 3. The summed E-state index contributed by atoms with van der Waals surface area (Å²) >= 11 is 0. The first-order valence-corrected chi connectivity index (χ1v) is 3.16. The van der Waals surface area contributed by atoms with Crippen LogP contribution in [-0.4, -0.2) is 11.0 Å². The summed E-state index contributed by atoms with van der Waals surface area (Å²) in [6, 6.07) is 0. The molecule has 0 aromatic carbocycles. The molecule has 3 nitrogen and oxygen atoms in total. The number of hydrogen-bond donors (Lipinski definition) is 2. The van der Waals surface area contributed by atoms with Crippen molar-refractivity contribution >= 4 is 5.84 Å².